The predicted molar refractivity (Wildman–Crippen MR) is 118 cm³/mol. The van der Waals surface area contributed by atoms with Gasteiger partial charge in [-0.05, 0) is 36.4 Å². The lowest BCUT2D eigenvalue weighted by Crippen LogP contribution is -2.26. The van der Waals surface area contributed by atoms with Crippen LogP contribution in [0.25, 0.3) is 16.9 Å². The highest BCUT2D eigenvalue weighted by molar-refractivity contribution is 5.94. The molecular weight excluding hydrogens is 374 g/mol. The van der Waals surface area contributed by atoms with Crippen LogP contribution < -0.4 is 4.74 Å². The number of methoxy groups -OCH3 is 1. The molecule has 4 rings (SSSR count). The summed E-state index contributed by atoms with van der Waals surface area (Å²) in [6, 6.07) is 27.2. The Morgan fingerprint density at radius 3 is 2.20 bits per heavy atom. The van der Waals surface area contributed by atoms with Gasteiger partial charge < -0.3 is 9.64 Å². The van der Waals surface area contributed by atoms with Crippen LogP contribution in [0.5, 0.6) is 5.75 Å². The van der Waals surface area contributed by atoms with Gasteiger partial charge in [-0.3, -0.25) is 4.79 Å². The summed E-state index contributed by atoms with van der Waals surface area (Å²) in [5.74, 6) is 0.675. The van der Waals surface area contributed by atoms with Crippen molar-refractivity contribution >= 4 is 5.91 Å². The first-order valence-corrected chi connectivity index (χ1v) is 9.74. The largest absolute Gasteiger partial charge is 0.497 e. The number of nitrogens with zero attached hydrogens (tertiary/aromatic N) is 3. The Balaban J connectivity index is 1.65. The van der Waals surface area contributed by atoms with Crippen molar-refractivity contribution in [3.05, 3.63) is 102 Å². The Kier molecular flexibility index (Phi) is 5.61. The monoisotopic (exact) mass is 397 g/mol. The second-order valence-electron chi connectivity index (χ2n) is 7.04. The molecule has 150 valence electrons. The molecule has 0 atom stereocenters. The van der Waals surface area contributed by atoms with Crippen LogP contribution in [0.3, 0.4) is 0 Å². The van der Waals surface area contributed by atoms with E-state index in [1.165, 1.54) is 0 Å². The molecule has 0 aliphatic rings. The molecule has 0 radical (unpaired) electrons. The van der Waals surface area contributed by atoms with Crippen LogP contribution in [0.4, 0.5) is 0 Å². The zero-order valence-electron chi connectivity index (χ0n) is 17.0. The van der Waals surface area contributed by atoms with E-state index in [9.17, 15) is 4.79 Å². The number of hydrogen-bond acceptors (Lipinski definition) is 3. The molecule has 0 bridgehead atoms. The van der Waals surface area contributed by atoms with Crippen molar-refractivity contribution in [2.45, 2.75) is 6.54 Å². The molecule has 1 aromatic heterocycles. The van der Waals surface area contributed by atoms with Crippen molar-refractivity contribution in [1.29, 1.82) is 0 Å². The average molecular weight is 397 g/mol. The second-order valence-corrected chi connectivity index (χ2v) is 7.04. The number of amides is 1. The van der Waals surface area contributed by atoms with Gasteiger partial charge in [-0.15, -0.1) is 0 Å². The second kappa shape index (κ2) is 8.66. The van der Waals surface area contributed by atoms with Crippen molar-refractivity contribution in [2.24, 2.45) is 0 Å². The maximum Gasteiger partial charge on any atom is 0.253 e. The van der Waals surface area contributed by atoms with Crippen molar-refractivity contribution in [2.75, 3.05) is 14.2 Å². The molecule has 0 saturated carbocycles. The van der Waals surface area contributed by atoms with Gasteiger partial charge >= 0.3 is 0 Å². The van der Waals surface area contributed by atoms with Crippen LogP contribution in [0, 0.1) is 0 Å². The minimum Gasteiger partial charge on any atom is -0.497 e. The van der Waals surface area contributed by atoms with E-state index in [0.717, 1.165) is 28.3 Å². The first-order chi connectivity index (χ1) is 14.7. The van der Waals surface area contributed by atoms with Crippen LogP contribution in [0.2, 0.25) is 0 Å². The summed E-state index contributed by atoms with van der Waals surface area (Å²) in [7, 11) is 3.42. The summed E-state index contributed by atoms with van der Waals surface area (Å²) >= 11 is 0. The number of ether oxygens (including phenoxy) is 1. The van der Waals surface area contributed by atoms with E-state index in [2.05, 4.69) is 0 Å². The summed E-state index contributed by atoms with van der Waals surface area (Å²) < 4.78 is 7.04. The summed E-state index contributed by atoms with van der Waals surface area (Å²) in [6.07, 6.45) is 2.00. The minimum atomic E-state index is -0.0517. The molecule has 5 nitrogen and oxygen atoms in total. The van der Waals surface area contributed by atoms with Crippen LogP contribution in [0.15, 0.2) is 91.1 Å². The molecule has 3 aromatic carbocycles. The standard InChI is InChI=1S/C25H23N3O2/c1-27(25(29)20-13-15-23(30-2)16-14-20)17-21-18-28(22-11-7-4-8-12-22)26-24(21)19-9-5-3-6-10-19/h3-16,18H,17H2,1-2H3. The van der Waals surface area contributed by atoms with E-state index in [1.54, 1.807) is 43.3 Å². The van der Waals surface area contributed by atoms with Crippen LogP contribution >= 0.6 is 0 Å². The molecule has 1 heterocycles. The van der Waals surface area contributed by atoms with Crippen molar-refractivity contribution < 1.29 is 9.53 Å². The summed E-state index contributed by atoms with van der Waals surface area (Å²) in [4.78, 5) is 14.6. The Hall–Kier alpha value is -3.86. The van der Waals surface area contributed by atoms with Crippen molar-refractivity contribution in [3.8, 4) is 22.7 Å². The topological polar surface area (TPSA) is 47.4 Å². The van der Waals surface area contributed by atoms with Gasteiger partial charge in [0.15, 0.2) is 0 Å². The van der Waals surface area contributed by atoms with Crippen LogP contribution in [-0.2, 0) is 6.54 Å². The first kappa shape index (κ1) is 19.5. The highest BCUT2D eigenvalue weighted by Gasteiger charge is 2.18. The number of aromatic nitrogens is 2. The number of para-hydroxylation sites is 1. The predicted octanol–water partition coefficient (Wildman–Crippen LogP) is 4.82. The number of rotatable bonds is 6. The first-order valence-electron chi connectivity index (χ1n) is 9.74. The Morgan fingerprint density at radius 2 is 1.57 bits per heavy atom. The van der Waals surface area contributed by atoms with Gasteiger partial charge in [0.1, 0.15) is 5.75 Å². The van der Waals surface area contributed by atoms with E-state index in [4.69, 9.17) is 9.84 Å². The third kappa shape index (κ3) is 4.10. The van der Waals surface area contributed by atoms with Gasteiger partial charge in [0.2, 0.25) is 0 Å². The zero-order valence-corrected chi connectivity index (χ0v) is 17.0. The molecule has 4 aromatic rings. The van der Waals surface area contributed by atoms with Gasteiger partial charge in [0, 0.05) is 36.5 Å². The fourth-order valence-corrected chi connectivity index (χ4v) is 3.36. The molecule has 0 aliphatic heterocycles. The number of carbonyl (C=O) groups excluding carboxylic acids is 1. The molecule has 1 amide bonds. The van der Waals surface area contributed by atoms with Gasteiger partial charge in [0.25, 0.3) is 5.91 Å². The van der Waals surface area contributed by atoms with E-state index < -0.39 is 0 Å². The number of hydrogen-bond donors (Lipinski definition) is 0. The van der Waals surface area contributed by atoms with E-state index in [-0.39, 0.29) is 5.91 Å². The molecule has 0 spiro atoms. The van der Waals surface area contributed by atoms with Crippen molar-refractivity contribution in [1.82, 2.24) is 14.7 Å². The zero-order chi connectivity index (χ0) is 20.9. The summed E-state index contributed by atoms with van der Waals surface area (Å²) in [5, 5.41) is 4.82. The molecule has 0 unspecified atom stereocenters. The van der Waals surface area contributed by atoms with Crippen molar-refractivity contribution in [3.63, 3.8) is 0 Å². The maximum absolute atomic E-state index is 12.9. The third-order valence-electron chi connectivity index (χ3n) is 4.95. The summed E-state index contributed by atoms with van der Waals surface area (Å²) in [5.41, 5.74) is 4.47. The van der Waals surface area contributed by atoms with E-state index in [1.807, 2.05) is 71.5 Å². The molecule has 5 heteroatoms. The average Bonchev–Trinajstić information content (AvgIpc) is 3.23. The Labute approximate surface area is 176 Å². The van der Waals surface area contributed by atoms with Gasteiger partial charge in [-0.2, -0.15) is 5.10 Å². The molecule has 0 N–H and O–H groups in total. The Morgan fingerprint density at radius 1 is 0.933 bits per heavy atom. The lowest BCUT2D eigenvalue weighted by molar-refractivity contribution is 0.0785. The van der Waals surface area contributed by atoms with Gasteiger partial charge in [0.05, 0.1) is 18.5 Å². The maximum atomic E-state index is 12.9. The SMILES string of the molecule is COc1ccc(C(=O)N(C)Cc2cn(-c3ccccc3)nc2-c2ccccc2)cc1. The smallest absolute Gasteiger partial charge is 0.253 e. The van der Waals surface area contributed by atoms with Gasteiger partial charge in [-0.25, -0.2) is 4.68 Å². The molecule has 0 saturated heterocycles. The third-order valence-corrected chi connectivity index (χ3v) is 4.95. The number of carbonyl (C=O) groups is 1. The summed E-state index contributed by atoms with van der Waals surface area (Å²) in [6.45, 7) is 0.446. The Bertz CT molecular complexity index is 1120. The lowest BCUT2D eigenvalue weighted by Gasteiger charge is -2.17. The fraction of sp³-hybridized carbons (Fsp3) is 0.120. The number of benzene rings is 3. The lowest BCUT2D eigenvalue weighted by atomic mass is 10.1. The van der Waals surface area contributed by atoms with Crippen LogP contribution in [0.1, 0.15) is 15.9 Å². The van der Waals surface area contributed by atoms with E-state index in [0.29, 0.717) is 12.1 Å². The van der Waals surface area contributed by atoms with Gasteiger partial charge in [-0.1, -0.05) is 48.5 Å². The molecule has 30 heavy (non-hydrogen) atoms. The quantitative estimate of drug-likeness (QED) is 0.469. The highest BCUT2D eigenvalue weighted by Crippen LogP contribution is 2.25. The molecular formula is C25H23N3O2. The minimum absolute atomic E-state index is 0.0517. The van der Waals surface area contributed by atoms with E-state index >= 15 is 0 Å². The highest BCUT2D eigenvalue weighted by atomic mass is 16.5. The molecule has 0 fully saturated rings. The van der Waals surface area contributed by atoms with Crippen LogP contribution in [-0.4, -0.2) is 34.7 Å². The molecule has 0 aliphatic carbocycles. The normalized spacial score (nSPS) is 10.6. The fourth-order valence-electron chi connectivity index (χ4n) is 3.36.